The average Bonchev–Trinajstić information content (AvgIpc) is 2.99. The number of phenolic OH excluding ortho intramolecular Hbond substituents is 2. The van der Waals surface area contributed by atoms with Crippen LogP contribution in [0.3, 0.4) is 0 Å². The van der Waals surface area contributed by atoms with Gasteiger partial charge < -0.3 is 10.2 Å². The summed E-state index contributed by atoms with van der Waals surface area (Å²) < 4.78 is 0. The van der Waals surface area contributed by atoms with E-state index in [0.29, 0.717) is 11.5 Å². The van der Waals surface area contributed by atoms with E-state index in [1.54, 1.807) is 12.4 Å². The van der Waals surface area contributed by atoms with Gasteiger partial charge in [0.15, 0.2) is 0 Å². The highest BCUT2D eigenvalue weighted by molar-refractivity contribution is 5.91. The van der Waals surface area contributed by atoms with Crippen LogP contribution in [0.1, 0.15) is 124 Å². The molecule has 0 saturated heterocycles. The van der Waals surface area contributed by atoms with Gasteiger partial charge in [-0.3, -0.25) is 9.98 Å². The van der Waals surface area contributed by atoms with Crippen LogP contribution >= 0.6 is 0 Å². The number of rotatable bonds is 16. The SMILES string of the molecule is CCCCc1cc(/C=N/c2c(C)ccc(C)c2/N=C/c2cc(CCCC)cc(CCCC)c2O)c(O)c(CCCC)c1. The van der Waals surface area contributed by atoms with Crippen molar-refractivity contribution in [2.24, 2.45) is 9.98 Å². The van der Waals surface area contributed by atoms with Gasteiger partial charge in [0.25, 0.3) is 0 Å². The van der Waals surface area contributed by atoms with Crippen molar-refractivity contribution in [1.29, 1.82) is 0 Å². The molecule has 0 saturated carbocycles. The molecule has 3 aromatic rings. The second kappa shape index (κ2) is 16.9. The summed E-state index contributed by atoms with van der Waals surface area (Å²) in [7, 11) is 0. The first-order valence-electron chi connectivity index (χ1n) is 16.2. The fraction of sp³-hybridized carbons (Fsp3) is 0.474. The van der Waals surface area contributed by atoms with Crippen LogP contribution in [0.15, 0.2) is 46.4 Å². The van der Waals surface area contributed by atoms with Gasteiger partial charge in [-0.1, -0.05) is 77.6 Å². The highest BCUT2D eigenvalue weighted by atomic mass is 16.3. The molecule has 3 aromatic carbocycles. The molecule has 4 nitrogen and oxygen atoms in total. The highest BCUT2D eigenvalue weighted by Crippen LogP contribution is 2.36. The molecule has 0 aromatic heterocycles. The van der Waals surface area contributed by atoms with E-state index in [2.05, 4.69) is 64.1 Å². The summed E-state index contributed by atoms with van der Waals surface area (Å²) in [4.78, 5) is 9.86. The van der Waals surface area contributed by atoms with Gasteiger partial charge in [0.2, 0.25) is 0 Å². The number of hydrogen-bond acceptors (Lipinski definition) is 4. The number of nitrogens with zero attached hydrogens (tertiary/aromatic N) is 2. The van der Waals surface area contributed by atoms with E-state index in [1.807, 2.05) is 13.8 Å². The number of aryl methyl sites for hydroxylation is 6. The molecule has 0 aliphatic rings. The Morgan fingerprint density at radius 2 is 0.905 bits per heavy atom. The summed E-state index contributed by atoms with van der Waals surface area (Å²) in [5.41, 5.74) is 9.62. The lowest BCUT2D eigenvalue weighted by atomic mass is 9.97. The molecule has 42 heavy (non-hydrogen) atoms. The van der Waals surface area contributed by atoms with Crippen molar-refractivity contribution in [3.8, 4) is 11.5 Å². The lowest BCUT2D eigenvalue weighted by Crippen LogP contribution is -1.96. The lowest BCUT2D eigenvalue weighted by Gasteiger charge is -2.13. The zero-order valence-corrected chi connectivity index (χ0v) is 26.9. The minimum absolute atomic E-state index is 0.330. The van der Waals surface area contributed by atoms with Crippen LogP contribution in [-0.2, 0) is 25.7 Å². The Kier molecular flexibility index (Phi) is 13.3. The van der Waals surface area contributed by atoms with E-state index >= 15 is 0 Å². The van der Waals surface area contributed by atoms with E-state index in [9.17, 15) is 10.2 Å². The summed E-state index contributed by atoms with van der Waals surface area (Å²) in [5, 5.41) is 22.3. The van der Waals surface area contributed by atoms with E-state index in [0.717, 1.165) is 122 Å². The van der Waals surface area contributed by atoms with Crippen molar-refractivity contribution in [1.82, 2.24) is 0 Å². The zero-order chi connectivity index (χ0) is 30.5. The van der Waals surface area contributed by atoms with Crippen molar-refractivity contribution >= 4 is 23.8 Å². The fourth-order valence-corrected chi connectivity index (χ4v) is 5.31. The predicted molar refractivity (Wildman–Crippen MR) is 181 cm³/mol. The van der Waals surface area contributed by atoms with Crippen molar-refractivity contribution in [2.45, 2.75) is 119 Å². The van der Waals surface area contributed by atoms with E-state index in [4.69, 9.17) is 9.98 Å². The standard InChI is InChI=1S/C38H52N2O2/c1-7-11-15-29-21-31(17-13-9-3)37(41)33(23-29)25-39-35-27(5)19-20-28(6)36(35)40-26-34-24-30(16-12-8-2)22-32(38(34)42)18-14-10-4/h19-26,41-42H,7-18H2,1-6H3/b39-25+,40-26+. The molecule has 0 fully saturated rings. The molecule has 0 heterocycles. The molecular weight excluding hydrogens is 516 g/mol. The normalized spacial score (nSPS) is 11.8. The Balaban J connectivity index is 2.04. The molecule has 2 N–H and O–H groups in total. The Bertz CT molecular complexity index is 1270. The van der Waals surface area contributed by atoms with E-state index in [-0.39, 0.29) is 0 Å². The zero-order valence-electron chi connectivity index (χ0n) is 26.9. The van der Waals surface area contributed by atoms with Gasteiger partial charge in [-0.25, -0.2) is 0 Å². The smallest absolute Gasteiger partial charge is 0.127 e. The van der Waals surface area contributed by atoms with Gasteiger partial charge in [-0.15, -0.1) is 0 Å². The molecule has 0 spiro atoms. The summed E-state index contributed by atoms with van der Waals surface area (Å²) in [5.74, 6) is 0.660. The minimum atomic E-state index is 0.330. The minimum Gasteiger partial charge on any atom is -0.507 e. The molecule has 0 aliphatic carbocycles. The van der Waals surface area contributed by atoms with Crippen LogP contribution in [0.25, 0.3) is 0 Å². The monoisotopic (exact) mass is 568 g/mol. The predicted octanol–water partition coefficient (Wildman–Crippen LogP) is 10.6. The number of hydrogen-bond donors (Lipinski definition) is 2. The number of unbranched alkanes of at least 4 members (excludes halogenated alkanes) is 4. The Morgan fingerprint density at radius 3 is 1.26 bits per heavy atom. The Hall–Kier alpha value is -3.40. The molecule has 0 bridgehead atoms. The third-order valence-electron chi connectivity index (χ3n) is 8.01. The van der Waals surface area contributed by atoms with Crippen LogP contribution in [-0.4, -0.2) is 22.6 Å². The van der Waals surface area contributed by atoms with Gasteiger partial charge >= 0.3 is 0 Å². The van der Waals surface area contributed by atoms with Crippen LogP contribution in [0, 0.1) is 13.8 Å². The van der Waals surface area contributed by atoms with Crippen LogP contribution in [0.5, 0.6) is 11.5 Å². The summed E-state index contributed by atoms with van der Waals surface area (Å²) in [6, 6.07) is 12.6. The Morgan fingerprint density at radius 1 is 0.548 bits per heavy atom. The average molecular weight is 569 g/mol. The number of benzene rings is 3. The summed E-state index contributed by atoms with van der Waals surface area (Å²) in [6.45, 7) is 12.8. The first-order chi connectivity index (χ1) is 20.3. The second-order valence-electron chi connectivity index (χ2n) is 11.7. The number of aliphatic imine (C=N–C) groups is 2. The van der Waals surface area contributed by atoms with Crippen molar-refractivity contribution < 1.29 is 10.2 Å². The molecule has 0 unspecified atom stereocenters. The van der Waals surface area contributed by atoms with E-state index in [1.165, 1.54) is 11.1 Å². The number of phenols is 2. The number of aromatic hydroxyl groups is 2. The van der Waals surface area contributed by atoms with Crippen LogP contribution in [0.4, 0.5) is 11.4 Å². The first-order valence-corrected chi connectivity index (χ1v) is 16.2. The van der Waals surface area contributed by atoms with Crippen molar-refractivity contribution in [2.75, 3.05) is 0 Å². The Labute approximate surface area is 254 Å². The van der Waals surface area contributed by atoms with E-state index < -0.39 is 0 Å². The molecule has 3 rings (SSSR count). The summed E-state index contributed by atoms with van der Waals surface area (Å²) in [6.07, 6.45) is 16.1. The topological polar surface area (TPSA) is 65.2 Å². The quantitative estimate of drug-likeness (QED) is 0.169. The van der Waals surface area contributed by atoms with Crippen molar-refractivity contribution in [3.05, 3.63) is 80.9 Å². The third-order valence-corrected chi connectivity index (χ3v) is 8.01. The largest absolute Gasteiger partial charge is 0.507 e. The molecule has 4 heteroatoms. The summed E-state index contributed by atoms with van der Waals surface area (Å²) >= 11 is 0. The molecule has 226 valence electrons. The van der Waals surface area contributed by atoms with Gasteiger partial charge in [0.1, 0.15) is 11.5 Å². The maximum absolute atomic E-state index is 11.1. The lowest BCUT2D eigenvalue weighted by molar-refractivity contribution is 0.465. The third kappa shape index (κ3) is 9.05. The fourth-order valence-electron chi connectivity index (χ4n) is 5.31. The highest BCUT2D eigenvalue weighted by Gasteiger charge is 2.13. The molecule has 0 radical (unpaired) electrons. The van der Waals surface area contributed by atoms with Crippen LogP contribution < -0.4 is 0 Å². The van der Waals surface area contributed by atoms with Crippen molar-refractivity contribution in [3.63, 3.8) is 0 Å². The van der Waals surface area contributed by atoms with Gasteiger partial charge in [0, 0.05) is 23.6 Å². The van der Waals surface area contributed by atoms with Gasteiger partial charge in [0.05, 0.1) is 11.4 Å². The maximum atomic E-state index is 11.1. The van der Waals surface area contributed by atoms with Crippen LogP contribution in [0.2, 0.25) is 0 Å². The maximum Gasteiger partial charge on any atom is 0.127 e. The first kappa shape index (κ1) is 33.1. The molecular formula is C38H52N2O2. The van der Waals surface area contributed by atoms with Gasteiger partial charge in [-0.05, 0) is 111 Å². The second-order valence-corrected chi connectivity index (χ2v) is 11.7. The molecule has 0 amide bonds. The van der Waals surface area contributed by atoms with Gasteiger partial charge in [-0.2, -0.15) is 0 Å². The molecule has 0 aliphatic heterocycles. The molecule has 0 atom stereocenters.